The number of fused-ring (bicyclic) bond motifs is 1. The molecule has 0 bridgehead atoms. The quantitative estimate of drug-likeness (QED) is 0.0370. The van der Waals surface area contributed by atoms with Gasteiger partial charge in [0.15, 0.2) is 23.7 Å². The number of likely N-dealkylation sites (tertiary alicyclic amines) is 1. The summed E-state index contributed by atoms with van der Waals surface area (Å²) in [5.74, 6) is -3.00. The van der Waals surface area contributed by atoms with Crippen LogP contribution in [0.15, 0.2) is 76.8 Å². The number of aryl methyl sites for hydroxylation is 2. The van der Waals surface area contributed by atoms with Gasteiger partial charge in [0.2, 0.25) is 17.7 Å². The average Bonchev–Trinajstić information content (AvgIpc) is 3.89. The van der Waals surface area contributed by atoms with Gasteiger partial charge >= 0.3 is 0 Å². The second-order valence-corrected chi connectivity index (χ2v) is 23.0. The van der Waals surface area contributed by atoms with E-state index in [-0.39, 0.29) is 85.4 Å². The second-order valence-electron chi connectivity index (χ2n) is 22.1. The summed E-state index contributed by atoms with van der Waals surface area (Å²) in [5.41, 5.74) is 3.85. The fourth-order valence-electron chi connectivity index (χ4n) is 9.88. The fraction of sp³-hybridized carbons (Fsp3) is 0.466. The van der Waals surface area contributed by atoms with Gasteiger partial charge in [-0.05, 0) is 97.4 Å². The Morgan fingerprint density at radius 2 is 1.61 bits per heavy atom. The van der Waals surface area contributed by atoms with Crippen LogP contribution in [0.25, 0.3) is 21.8 Å². The third-order valence-corrected chi connectivity index (χ3v) is 15.6. The van der Waals surface area contributed by atoms with Gasteiger partial charge in [-0.15, -0.1) is 11.3 Å². The summed E-state index contributed by atoms with van der Waals surface area (Å²) < 4.78 is 26.0. The van der Waals surface area contributed by atoms with Gasteiger partial charge in [0.25, 0.3) is 23.6 Å². The summed E-state index contributed by atoms with van der Waals surface area (Å²) >= 11 is 1.50. The van der Waals surface area contributed by atoms with Crippen LogP contribution in [-0.2, 0) is 30.4 Å². The Labute approximate surface area is 467 Å². The minimum absolute atomic E-state index is 0.0423. The molecular formula is C58H70FN9O11S. The van der Waals surface area contributed by atoms with Gasteiger partial charge in [-0.3, -0.25) is 33.6 Å². The standard InChI is InChI=1S/C58H70FN9O11S/c1-33-50(80-32-62-33)36-13-11-35(12-14-36)43(64-53(74)45-26-38(69)30-68(45)55(76)51(57(2,3)4)65-56(77)58(59)21-22-58)29-48(71)60-23-9-7-8-10-24-61-49(72)31-78-39-18-15-34-17-20-42(41(34)27-39)63-52(73)44-28-47(79-66-44)37-16-19-40(46(70)25-37)54(75)67(5)6/h11-16,18-19,25,27-28,32,38,42-43,45,51,69-70H,7-10,17,20-24,26,29-31H2,1-6H3,(H,60,71)(H,61,72)(H,63,73)(H,64,74)(H,65,77)/t38-,42-,43+,45+,51-/m1/s1. The monoisotopic (exact) mass is 1120 g/mol. The molecule has 8 rings (SSSR count). The van der Waals surface area contributed by atoms with Crippen molar-refractivity contribution in [3.05, 3.63) is 106 Å². The highest BCUT2D eigenvalue weighted by Crippen LogP contribution is 2.41. The zero-order valence-electron chi connectivity index (χ0n) is 45.9. The van der Waals surface area contributed by atoms with E-state index in [1.54, 1.807) is 52.5 Å². The van der Waals surface area contributed by atoms with Crippen molar-refractivity contribution in [2.24, 2.45) is 5.41 Å². The molecular weight excluding hydrogens is 1050 g/mol. The molecule has 426 valence electrons. The molecule has 2 fully saturated rings. The lowest BCUT2D eigenvalue weighted by Gasteiger charge is -2.36. The van der Waals surface area contributed by atoms with Crippen molar-refractivity contribution in [2.75, 3.05) is 40.3 Å². The van der Waals surface area contributed by atoms with Gasteiger partial charge in [0.1, 0.15) is 23.6 Å². The first-order valence-electron chi connectivity index (χ1n) is 27.0. The molecule has 5 atom stereocenters. The molecule has 0 radical (unpaired) electrons. The molecule has 1 saturated heterocycles. The van der Waals surface area contributed by atoms with E-state index in [0.717, 1.165) is 46.5 Å². The minimum Gasteiger partial charge on any atom is -0.507 e. The number of phenolic OH excluding ortho intramolecular Hbond substituents is 1. The van der Waals surface area contributed by atoms with E-state index in [1.165, 1.54) is 39.3 Å². The summed E-state index contributed by atoms with van der Waals surface area (Å²) in [5, 5.41) is 39.6. The van der Waals surface area contributed by atoms with Crippen molar-refractivity contribution >= 4 is 52.7 Å². The third-order valence-electron chi connectivity index (χ3n) is 14.7. The van der Waals surface area contributed by atoms with Crippen molar-refractivity contribution in [3.8, 4) is 33.3 Å². The van der Waals surface area contributed by atoms with Crippen molar-refractivity contribution in [1.29, 1.82) is 0 Å². The van der Waals surface area contributed by atoms with Crippen LogP contribution in [-0.4, -0.2) is 136 Å². The number of rotatable bonds is 23. The number of halogens is 1. The number of unbranched alkanes of at least 4 members (excludes halogenated alkanes) is 3. The third kappa shape index (κ3) is 14.4. The predicted octanol–water partition coefficient (Wildman–Crippen LogP) is 6.01. The van der Waals surface area contributed by atoms with Gasteiger partial charge in [-0.2, -0.15) is 0 Å². The van der Waals surface area contributed by atoms with Crippen molar-refractivity contribution in [2.45, 2.75) is 128 Å². The van der Waals surface area contributed by atoms with Crippen molar-refractivity contribution in [3.63, 3.8) is 0 Å². The number of β-amino-alcohol motifs (C(OH)–C–C–N with tert-alkyl or cyclic N) is 1. The van der Waals surface area contributed by atoms with Crippen LogP contribution < -0.4 is 31.3 Å². The topological polar surface area (TPSA) is 275 Å². The van der Waals surface area contributed by atoms with Crippen LogP contribution in [0, 0.1) is 12.3 Å². The smallest absolute Gasteiger partial charge is 0.273 e. The van der Waals surface area contributed by atoms with Gasteiger partial charge < -0.3 is 55.9 Å². The Morgan fingerprint density at radius 1 is 0.912 bits per heavy atom. The summed E-state index contributed by atoms with van der Waals surface area (Å²) in [6.07, 6.45) is 3.20. The number of carbonyl (C=O) groups excluding carboxylic acids is 7. The molecule has 3 aromatic carbocycles. The number of benzene rings is 3. The summed E-state index contributed by atoms with van der Waals surface area (Å²) in [4.78, 5) is 101. The Morgan fingerprint density at radius 3 is 2.26 bits per heavy atom. The summed E-state index contributed by atoms with van der Waals surface area (Å²) in [7, 11) is 3.16. The lowest BCUT2D eigenvalue weighted by atomic mass is 9.85. The number of ether oxygens (including phenoxy) is 1. The van der Waals surface area contributed by atoms with Gasteiger partial charge in [-0.1, -0.05) is 75.2 Å². The highest BCUT2D eigenvalue weighted by atomic mass is 32.1. The Balaban J connectivity index is 0.769. The largest absolute Gasteiger partial charge is 0.507 e. The molecule has 7 N–H and O–H groups in total. The van der Waals surface area contributed by atoms with Crippen LogP contribution in [0.5, 0.6) is 11.5 Å². The van der Waals surface area contributed by atoms with Gasteiger partial charge in [0, 0.05) is 51.8 Å². The molecule has 20 nitrogen and oxygen atoms in total. The molecule has 3 aliphatic rings. The molecule has 1 saturated carbocycles. The molecule has 2 aromatic heterocycles. The van der Waals surface area contributed by atoms with E-state index in [2.05, 4.69) is 36.7 Å². The number of alkyl halides is 1. The van der Waals surface area contributed by atoms with Gasteiger partial charge in [0.05, 0.1) is 46.3 Å². The van der Waals surface area contributed by atoms with E-state index < -0.39 is 58.9 Å². The number of aromatic nitrogens is 2. The average molecular weight is 1120 g/mol. The van der Waals surface area contributed by atoms with Crippen LogP contribution in [0.4, 0.5) is 4.39 Å². The number of amides is 7. The molecule has 3 heterocycles. The molecule has 0 unspecified atom stereocenters. The molecule has 1 aliphatic heterocycles. The first-order chi connectivity index (χ1) is 38.1. The maximum Gasteiger partial charge on any atom is 0.273 e. The molecule has 5 aromatic rings. The summed E-state index contributed by atoms with van der Waals surface area (Å²) in [6, 6.07) is 15.5. The number of aliphatic hydroxyl groups excluding tert-OH is 1. The molecule has 22 heteroatoms. The van der Waals surface area contributed by atoms with E-state index in [4.69, 9.17) is 9.26 Å². The SMILES string of the molecule is Cc1ncsc1-c1ccc([C@H](CC(=O)NCCCCCCNC(=O)COc2ccc3c(c2)[C@H](NC(=O)c2cc(-c4ccc(C(=O)N(C)C)c(O)c4)on2)CC3)NC(=O)[C@@H]2C[C@@H](O)CN2C(=O)[C@@H](NC(=O)C2(F)CC2)C(C)(C)C)cc1. The van der Waals surface area contributed by atoms with E-state index >= 15 is 0 Å². The predicted molar refractivity (Wildman–Crippen MR) is 295 cm³/mol. The van der Waals surface area contributed by atoms with Crippen LogP contribution in [0.3, 0.4) is 0 Å². The Hall–Kier alpha value is -7.72. The molecule has 0 spiro atoms. The normalized spacial score (nSPS) is 17.9. The first kappa shape index (κ1) is 58.4. The molecule has 2 aliphatic carbocycles. The van der Waals surface area contributed by atoms with E-state index in [1.807, 2.05) is 43.3 Å². The number of aliphatic hydroxyl groups is 1. The number of thiazole rings is 1. The number of hydrogen-bond donors (Lipinski definition) is 7. The first-order valence-corrected chi connectivity index (χ1v) is 27.9. The number of carbonyl (C=O) groups is 7. The minimum atomic E-state index is -2.02. The molecule has 80 heavy (non-hydrogen) atoms. The highest BCUT2D eigenvalue weighted by molar-refractivity contribution is 7.13. The Kier molecular flexibility index (Phi) is 18.4. The lowest BCUT2D eigenvalue weighted by molar-refractivity contribution is -0.145. The second kappa shape index (κ2) is 25.2. The van der Waals surface area contributed by atoms with E-state index in [9.17, 15) is 48.2 Å². The number of phenols is 1. The highest BCUT2D eigenvalue weighted by Gasteiger charge is 2.53. The van der Waals surface area contributed by atoms with E-state index in [0.29, 0.717) is 49.2 Å². The maximum absolute atomic E-state index is 14.8. The number of aromatic hydroxyl groups is 1. The number of nitrogens with zero attached hydrogens (tertiary/aromatic N) is 4. The lowest BCUT2D eigenvalue weighted by Crippen LogP contribution is -2.59. The number of hydrogen-bond acceptors (Lipinski definition) is 14. The maximum atomic E-state index is 14.8. The fourth-order valence-corrected chi connectivity index (χ4v) is 10.7. The summed E-state index contributed by atoms with van der Waals surface area (Å²) in [6.45, 7) is 7.53. The van der Waals surface area contributed by atoms with Crippen LogP contribution in [0.2, 0.25) is 0 Å². The van der Waals surface area contributed by atoms with Crippen molar-refractivity contribution < 1.29 is 57.4 Å². The zero-order valence-corrected chi connectivity index (χ0v) is 46.7. The van der Waals surface area contributed by atoms with Gasteiger partial charge in [-0.25, -0.2) is 9.37 Å². The van der Waals surface area contributed by atoms with Crippen molar-refractivity contribution in [1.82, 2.24) is 46.5 Å². The molecule has 7 amide bonds. The number of nitrogens with one attached hydrogen (secondary N) is 5. The van der Waals surface area contributed by atoms with Crippen LogP contribution >= 0.6 is 11.3 Å². The Bertz CT molecular complexity index is 3100. The van der Waals surface area contributed by atoms with Crippen LogP contribution in [0.1, 0.15) is 134 Å². The zero-order chi connectivity index (χ0) is 57.5.